The number of hydrogen-bond donors (Lipinski definition) is 1. The Balaban J connectivity index is 2.90. The van der Waals surface area contributed by atoms with Crippen molar-refractivity contribution in [3.8, 4) is 11.3 Å². The molecular weight excluding hydrogens is 242 g/mol. The molecule has 0 fully saturated rings. The zero-order valence-electron chi connectivity index (χ0n) is 10.9. The summed E-state index contributed by atoms with van der Waals surface area (Å²) in [6.07, 6.45) is 0. The van der Waals surface area contributed by atoms with Crippen LogP contribution in [0.2, 0.25) is 0 Å². The molecule has 0 spiro atoms. The van der Waals surface area contributed by atoms with E-state index in [-0.39, 0.29) is 5.56 Å². The van der Waals surface area contributed by atoms with Crippen LogP contribution in [0.25, 0.3) is 11.3 Å². The van der Waals surface area contributed by atoms with Gasteiger partial charge in [-0.3, -0.25) is 4.79 Å². The third kappa shape index (κ3) is 2.29. The number of hydrogen-bond acceptors (Lipinski definition) is 2. The van der Waals surface area contributed by atoms with E-state index in [4.69, 9.17) is 0 Å². The van der Waals surface area contributed by atoms with Crippen LogP contribution in [0, 0.1) is 6.92 Å². The molecule has 0 amide bonds. The molecule has 0 unspecified atom stereocenters. The highest BCUT2D eigenvalue weighted by Gasteiger charge is 2.20. The summed E-state index contributed by atoms with van der Waals surface area (Å²) in [4.78, 5) is 23.3. The Morgan fingerprint density at radius 1 is 1.26 bits per heavy atom. The molecule has 1 aromatic carbocycles. The lowest BCUT2D eigenvalue weighted by Crippen LogP contribution is -2.22. The first-order valence-corrected chi connectivity index (χ1v) is 6.09. The summed E-state index contributed by atoms with van der Waals surface area (Å²) in [7, 11) is 0. The topological polar surface area (TPSA) is 59.3 Å². The molecule has 0 saturated carbocycles. The van der Waals surface area contributed by atoms with Gasteiger partial charge in [0, 0.05) is 18.3 Å². The van der Waals surface area contributed by atoms with Crippen molar-refractivity contribution < 1.29 is 9.90 Å². The van der Waals surface area contributed by atoms with Crippen LogP contribution in [-0.4, -0.2) is 15.6 Å². The summed E-state index contributed by atoms with van der Waals surface area (Å²) in [6.45, 7) is 4.34. The molecule has 0 atom stereocenters. The molecule has 4 heteroatoms. The van der Waals surface area contributed by atoms with Crippen molar-refractivity contribution in [2.75, 3.05) is 0 Å². The quantitative estimate of drug-likeness (QED) is 0.919. The van der Waals surface area contributed by atoms with E-state index < -0.39 is 11.4 Å². The summed E-state index contributed by atoms with van der Waals surface area (Å²) >= 11 is 0. The Morgan fingerprint density at radius 2 is 1.89 bits per heavy atom. The summed E-state index contributed by atoms with van der Waals surface area (Å²) < 4.78 is 1.85. The number of aromatic nitrogens is 1. The molecule has 0 bridgehead atoms. The number of benzene rings is 1. The fourth-order valence-electron chi connectivity index (χ4n) is 2.28. The van der Waals surface area contributed by atoms with Crippen molar-refractivity contribution in [3.63, 3.8) is 0 Å². The van der Waals surface area contributed by atoms with E-state index >= 15 is 0 Å². The maximum absolute atomic E-state index is 11.9. The number of pyridine rings is 1. The highest BCUT2D eigenvalue weighted by molar-refractivity contribution is 5.94. The lowest BCUT2D eigenvalue weighted by atomic mass is 10.0. The lowest BCUT2D eigenvalue weighted by Gasteiger charge is -2.17. The minimum absolute atomic E-state index is 0.168. The van der Waals surface area contributed by atoms with Crippen LogP contribution >= 0.6 is 0 Å². The van der Waals surface area contributed by atoms with Gasteiger partial charge in [-0.15, -0.1) is 0 Å². The predicted octanol–water partition coefficient (Wildman–Crippen LogP) is 2.54. The SMILES string of the molecule is CCn1c(C)cc(=O)c(C(=O)O)c1-c1ccccc1. The second kappa shape index (κ2) is 5.10. The number of carbonyl (C=O) groups is 1. The zero-order chi connectivity index (χ0) is 14.0. The van der Waals surface area contributed by atoms with Gasteiger partial charge in [0.1, 0.15) is 5.56 Å². The van der Waals surface area contributed by atoms with Crippen molar-refractivity contribution in [1.29, 1.82) is 0 Å². The Kier molecular flexibility index (Phi) is 3.51. The standard InChI is InChI=1S/C15H15NO3/c1-3-16-10(2)9-12(17)13(15(18)19)14(16)11-7-5-4-6-8-11/h4-9H,3H2,1-2H3,(H,18,19). The van der Waals surface area contributed by atoms with Crippen molar-refractivity contribution in [3.05, 3.63) is 57.9 Å². The maximum Gasteiger partial charge on any atom is 0.341 e. The number of rotatable bonds is 3. The molecule has 19 heavy (non-hydrogen) atoms. The molecule has 0 aliphatic carbocycles. The average Bonchev–Trinajstić information content (AvgIpc) is 2.38. The second-order valence-corrected chi connectivity index (χ2v) is 4.29. The van der Waals surface area contributed by atoms with Crippen LogP contribution in [-0.2, 0) is 6.54 Å². The Bertz CT molecular complexity index is 672. The average molecular weight is 257 g/mol. The minimum atomic E-state index is -1.19. The van der Waals surface area contributed by atoms with Crippen molar-refractivity contribution in [1.82, 2.24) is 4.57 Å². The third-order valence-electron chi connectivity index (χ3n) is 3.10. The van der Waals surface area contributed by atoms with Crippen LogP contribution in [0.15, 0.2) is 41.2 Å². The van der Waals surface area contributed by atoms with E-state index in [1.165, 1.54) is 6.07 Å². The fraction of sp³-hybridized carbons (Fsp3) is 0.200. The molecule has 0 aliphatic rings. The van der Waals surface area contributed by atoms with Crippen molar-refractivity contribution >= 4 is 5.97 Å². The largest absolute Gasteiger partial charge is 0.477 e. The predicted molar refractivity (Wildman–Crippen MR) is 73.5 cm³/mol. The minimum Gasteiger partial charge on any atom is -0.477 e. The van der Waals surface area contributed by atoms with Gasteiger partial charge in [0.05, 0.1) is 5.69 Å². The van der Waals surface area contributed by atoms with Gasteiger partial charge in [0.2, 0.25) is 0 Å². The molecule has 4 nitrogen and oxygen atoms in total. The van der Waals surface area contributed by atoms with E-state index in [2.05, 4.69) is 0 Å². The smallest absolute Gasteiger partial charge is 0.341 e. The molecule has 0 aliphatic heterocycles. The van der Waals surface area contributed by atoms with Gasteiger partial charge >= 0.3 is 5.97 Å². The highest BCUT2D eigenvalue weighted by Crippen LogP contribution is 2.23. The lowest BCUT2D eigenvalue weighted by molar-refractivity contribution is 0.0695. The van der Waals surface area contributed by atoms with E-state index in [0.717, 1.165) is 11.3 Å². The molecule has 0 radical (unpaired) electrons. The molecule has 0 saturated heterocycles. The van der Waals surface area contributed by atoms with Crippen molar-refractivity contribution in [2.24, 2.45) is 0 Å². The molecule has 1 heterocycles. The number of aromatic carboxylic acids is 1. The first-order valence-electron chi connectivity index (χ1n) is 6.09. The molecule has 98 valence electrons. The van der Waals surface area contributed by atoms with E-state index in [0.29, 0.717) is 12.2 Å². The van der Waals surface area contributed by atoms with Crippen LogP contribution in [0.5, 0.6) is 0 Å². The van der Waals surface area contributed by atoms with Gasteiger partial charge in [-0.25, -0.2) is 4.79 Å². The summed E-state index contributed by atoms with van der Waals surface area (Å²) in [5, 5.41) is 9.31. The van der Waals surface area contributed by atoms with E-state index in [1.54, 1.807) is 0 Å². The molecule has 2 rings (SSSR count). The van der Waals surface area contributed by atoms with Crippen LogP contribution < -0.4 is 5.43 Å². The first-order chi connectivity index (χ1) is 9.06. The Morgan fingerprint density at radius 3 is 2.42 bits per heavy atom. The molecular formula is C15H15NO3. The monoisotopic (exact) mass is 257 g/mol. The van der Waals surface area contributed by atoms with Gasteiger partial charge in [0.15, 0.2) is 5.43 Å². The summed E-state index contributed by atoms with van der Waals surface area (Å²) in [5.41, 5.74) is 1.35. The number of aryl methyl sites for hydroxylation is 1. The number of carboxylic acid groups (broad SMARTS) is 1. The van der Waals surface area contributed by atoms with Gasteiger partial charge < -0.3 is 9.67 Å². The Labute approximate surface area is 110 Å². The zero-order valence-corrected chi connectivity index (χ0v) is 10.9. The van der Waals surface area contributed by atoms with E-state index in [1.807, 2.05) is 48.7 Å². The first kappa shape index (κ1) is 13.1. The summed E-state index contributed by atoms with van der Waals surface area (Å²) in [6, 6.07) is 10.5. The third-order valence-corrected chi connectivity index (χ3v) is 3.10. The van der Waals surface area contributed by atoms with Crippen LogP contribution in [0.3, 0.4) is 0 Å². The summed E-state index contributed by atoms with van der Waals surface area (Å²) in [5.74, 6) is -1.19. The van der Waals surface area contributed by atoms with Gasteiger partial charge in [-0.1, -0.05) is 30.3 Å². The second-order valence-electron chi connectivity index (χ2n) is 4.29. The Hall–Kier alpha value is -2.36. The number of carboxylic acids is 1. The van der Waals surface area contributed by atoms with Crippen LogP contribution in [0.4, 0.5) is 0 Å². The van der Waals surface area contributed by atoms with Crippen LogP contribution in [0.1, 0.15) is 23.0 Å². The maximum atomic E-state index is 11.9. The molecule has 1 N–H and O–H groups in total. The van der Waals surface area contributed by atoms with Gasteiger partial charge in [0.25, 0.3) is 0 Å². The normalized spacial score (nSPS) is 10.4. The highest BCUT2D eigenvalue weighted by atomic mass is 16.4. The fourth-order valence-corrected chi connectivity index (χ4v) is 2.28. The van der Waals surface area contributed by atoms with E-state index in [9.17, 15) is 14.7 Å². The van der Waals surface area contributed by atoms with Gasteiger partial charge in [-0.05, 0) is 19.4 Å². The van der Waals surface area contributed by atoms with Crippen molar-refractivity contribution in [2.45, 2.75) is 20.4 Å². The van der Waals surface area contributed by atoms with Gasteiger partial charge in [-0.2, -0.15) is 0 Å². The molecule has 2 aromatic rings. The molecule has 1 aromatic heterocycles. The number of nitrogens with zero attached hydrogens (tertiary/aromatic N) is 1.